The minimum absolute atomic E-state index is 0.174. The van der Waals surface area contributed by atoms with Gasteiger partial charge in [0, 0.05) is 48.7 Å². The lowest BCUT2D eigenvalue weighted by atomic mass is 9.90. The average molecular weight is 539 g/mol. The minimum atomic E-state index is -0.354. The molecule has 0 fully saturated rings. The summed E-state index contributed by atoms with van der Waals surface area (Å²) in [6.07, 6.45) is 10.3. The lowest BCUT2D eigenvalue weighted by Crippen LogP contribution is -2.23. The highest BCUT2D eigenvalue weighted by molar-refractivity contribution is 5.73. The number of pyridine rings is 3. The number of methoxy groups -OCH3 is 1. The van der Waals surface area contributed by atoms with Gasteiger partial charge in [-0.05, 0) is 59.7 Å². The Morgan fingerprint density at radius 3 is 2.62 bits per heavy atom. The topological polar surface area (TPSA) is 116 Å². The van der Waals surface area contributed by atoms with Crippen LogP contribution in [0.1, 0.15) is 30.7 Å². The Labute approximate surface area is 230 Å². The predicted molar refractivity (Wildman–Crippen MR) is 153 cm³/mol. The quantitative estimate of drug-likeness (QED) is 0.339. The van der Waals surface area contributed by atoms with Gasteiger partial charge in [0.2, 0.25) is 0 Å². The van der Waals surface area contributed by atoms with E-state index in [1.807, 2.05) is 16.7 Å². The molecule has 0 saturated heterocycles. The van der Waals surface area contributed by atoms with Gasteiger partial charge >= 0.3 is 0 Å². The predicted octanol–water partition coefficient (Wildman–Crippen LogP) is 3.62. The van der Waals surface area contributed by atoms with Gasteiger partial charge in [0.05, 0.1) is 19.9 Å². The highest BCUT2D eigenvalue weighted by atomic mass is 16.5. The van der Waals surface area contributed by atoms with Crippen molar-refractivity contribution >= 4 is 17.0 Å². The summed E-state index contributed by atoms with van der Waals surface area (Å²) in [5, 5.41) is 13.6. The number of nitrogens with zero attached hydrogens (tertiary/aromatic N) is 5. The van der Waals surface area contributed by atoms with Crippen molar-refractivity contribution in [3.63, 3.8) is 0 Å². The van der Waals surface area contributed by atoms with Crippen molar-refractivity contribution in [3.05, 3.63) is 98.8 Å². The molecule has 6 rings (SSSR count). The van der Waals surface area contributed by atoms with E-state index in [2.05, 4.69) is 29.1 Å². The van der Waals surface area contributed by atoms with Crippen molar-refractivity contribution in [1.29, 1.82) is 0 Å². The monoisotopic (exact) mass is 538 g/mol. The van der Waals surface area contributed by atoms with Crippen LogP contribution in [0, 0.1) is 5.41 Å². The molecule has 0 bridgehead atoms. The summed E-state index contributed by atoms with van der Waals surface area (Å²) in [4.78, 5) is 35.4. The molecule has 0 atom stereocenters. The maximum atomic E-state index is 13.7. The molecule has 10 heteroatoms. The Balaban J connectivity index is 1.44. The van der Waals surface area contributed by atoms with Gasteiger partial charge in [0.15, 0.2) is 0 Å². The first kappa shape index (κ1) is 25.6. The summed E-state index contributed by atoms with van der Waals surface area (Å²) in [6.45, 7) is 4.11. The van der Waals surface area contributed by atoms with Crippen LogP contribution in [0.15, 0.2) is 70.9 Å². The molecule has 0 spiro atoms. The maximum absolute atomic E-state index is 13.7. The van der Waals surface area contributed by atoms with E-state index in [1.165, 1.54) is 20.4 Å². The van der Waals surface area contributed by atoms with E-state index < -0.39 is 0 Å². The highest BCUT2D eigenvalue weighted by Crippen LogP contribution is 2.37. The zero-order valence-corrected chi connectivity index (χ0v) is 22.8. The number of hydrogen-bond acceptors (Lipinski definition) is 7. The molecule has 0 unspecified atom stereocenters. The smallest absolute Gasteiger partial charge is 0.280 e. The van der Waals surface area contributed by atoms with Gasteiger partial charge in [-0.1, -0.05) is 13.8 Å². The summed E-state index contributed by atoms with van der Waals surface area (Å²) in [5.41, 5.74) is 4.78. The summed E-state index contributed by atoms with van der Waals surface area (Å²) in [7, 11) is 3.22. The first-order valence-corrected chi connectivity index (χ1v) is 13.0. The number of aromatic nitrogens is 5. The van der Waals surface area contributed by atoms with E-state index >= 15 is 0 Å². The molecule has 40 heavy (non-hydrogen) atoms. The summed E-state index contributed by atoms with van der Waals surface area (Å²) in [5.74, 6) is 1.43. The van der Waals surface area contributed by atoms with Gasteiger partial charge in [-0.2, -0.15) is 0 Å². The van der Waals surface area contributed by atoms with Gasteiger partial charge in [-0.25, -0.2) is 9.97 Å². The van der Waals surface area contributed by atoms with E-state index in [-0.39, 0.29) is 23.1 Å². The number of aliphatic hydroxyl groups excluding tert-OH is 1. The normalized spacial score (nSPS) is 13.9. The van der Waals surface area contributed by atoms with Crippen LogP contribution in [-0.4, -0.2) is 35.7 Å². The van der Waals surface area contributed by atoms with Crippen molar-refractivity contribution in [2.24, 2.45) is 12.5 Å². The molecule has 1 aliphatic carbocycles. The van der Waals surface area contributed by atoms with Gasteiger partial charge in [0.1, 0.15) is 28.6 Å². The van der Waals surface area contributed by atoms with Crippen LogP contribution >= 0.6 is 0 Å². The molecule has 5 aromatic heterocycles. The van der Waals surface area contributed by atoms with Crippen molar-refractivity contribution in [2.75, 3.05) is 12.4 Å². The maximum Gasteiger partial charge on any atom is 0.280 e. The summed E-state index contributed by atoms with van der Waals surface area (Å²) in [6, 6.07) is 8.91. The fourth-order valence-electron chi connectivity index (χ4n) is 5.60. The standard InChI is InChI=1S/C30H30N6O4/c1-30(2)13-18-12-24-29(39)36(10-9-35(24)25(18)14-30)27-22(17-37)21(7-8-31-27)19-11-23(28(38)34(3)16-19)33-26-6-5-20(40-4)15-32-26/h5-12,15-16,37H,13-14,17H2,1-4H3,(H,32,33). The van der Waals surface area contributed by atoms with Gasteiger partial charge in [-0.15, -0.1) is 0 Å². The lowest BCUT2D eigenvalue weighted by Gasteiger charge is -2.17. The number of ether oxygens (including phenoxy) is 1. The fourth-order valence-corrected chi connectivity index (χ4v) is 5.60. The number of hydrogen-bond donors (Lipinski definition) is 2. The average Bonchev–Trinajstić information content (AvgIpc) is 3.43. The lowest BCUT2D eigenvalue weighted by molar-refractivity contribution is 0.281. The van der Waals surface area contributed by atoms with E-state index in [0.717, 1.165) is 12.8 Å². The van der Waals surface area contributed by atoms with Crippen molar-refractivity contribution in [2.45, 2.75) is 33.3 Å². The Kier molecular flexibility index (Phi) is 6.07. The van der Waals surface area contributed by atoms with Crippen LogP contribution in [0.4, 0.5) is 11.5 Å². The van der Waals surface area contributed by atoms with Crippen LogP contribution in [0.5, 0.6) is 5.75 Å². The number of anilines is 2. The molecule has 5 aromatic rings. The molecule has 5 heterocycles. The second-order valence-electron chi connectivity index (χ2n) is 10.9. The zero-order chi connectivity index (χ0) is 28.2. The van der Waals surface area contributed by atoms with Gasteiger partial charge in [0.25, 0.3) is 11.1 Å². The number of rotatable bonds is 6. The zero-order valence-electron chi connectivity index (χ0n) is 22.8. The van der Waals surface area contributed by atoms with Crippen LogP contribution < -0.4 is 21.2 Å². The van der Waals surface area contributed by atoms with E-state index in [1.54, 1.807) is 63.2 Å². The first-order valence-electron chi connectivity index (χ1n) is 13.0. The Bertz CT molecular complexity index is 1880. The molecule has 204 valence electrons. The molecular weight excluding hydrogens is 508 g/mol. The summed E-state index contributed by atoms with van der Waals surface area (Å²) >= 11 is 0. The molecule has 0 saturated carbocycles. The largest absolute Gasteiger partial charge is 0.495 e. The summed E-state index contributed by atoms with van der Waals surface area (Å²) < 4.78 is 10.1. The second kappa shape index (κ2) is 9.49. The third kappa shape index (κ3) is 4.26. The van der Waals surface area contributed by atoms with E-state index in [0.29, 0.717) is 45.3 Å². The van der Waals surface area contributed by atoms with Crippen LogP contribution in [0.2, 0.25) is 0 Å². The Hall–Kier alpha value is -4.70. The molecule has 0 amide bonds. The SMILES string of the molecule is COc1ccc(Nc2cc(-c3ccnc(-n4ccn5c6c(cc5c4=O)CC(C)(C)C6)c3CO)cn(C)c2=O)nc1. The molecule has 0 aliphatic heterocycles. The molecule has 10 nitrogen and oxygen atoms in total. The Morgan fingerprint density at radius 2 is 1.90 bits per heavy atom. The highest BCUT2D eigenvalue weighted by Gasteiger charge is 2.31. The molecule has 1 aliphatic rings. The molecule has 0 aromatic carbocycles. The number of fused-ring (bicyclic) bond motifs is 3. The molecular formula is C30H30N6O4. The first-order chi connectivity index (χ1) is 19.2. The number of aliphatic hydroxyl groups is 1. The van der Waals surface area contributed by atoms with Crippen molar-refractivity contribution < 1.29 is 9.84 Å². The van der Waals surface area contributed by atoms with Crippen LogP contribution in [0.25, 0.3) is 22.5 Å². The third-order valence-corrected chi connectivity index (χ3v) is 7.50. The second-order valence-corrected chi connectivity index (χ2v) is 10.9. The van der Waals surface area contributed by atoms with E-state index in [9.17, 15) is 14.7 Å². The number of nitrogens with one attached hydrogen (secondary N) is 1. The molecule has 0 radical (unpaired) electrons. The fraction of sp³-hybridized carbons (Fsp3) is 0.267. The minimum Gasteiger partial charge on any atom is -0.495 e. The van der Waals surface area contributed by atoms with Crippen LogP contribution in [-0.2, 0) is 26.5 Å². The van der Waals surface area contributed by atoms with Gasteiger partial charge < -0.3 is 24.1 Å². The Morgan fingerprint density at radius 1 is 1.07 bits per heavy atom. The van der Waals surface area contributed by atoms with Crippen LogP contribution in [0.3, 0.4) is 0 Å². The van der Waals surface area contributed by atoms with E-state index in [4.69, 9.17) is 4.74 Å². The molecule has 2 N–H and O–H groups in total. The van der Waals surface area contributed by atoms with Gasteiger partial charge in [-0.3, -0.25) is 14.2 Å². The van der Waals surface area contributed by atoms with Crippen molar-refractivity contribution in [1.82, 2.24) is 23.5 Å². The van der Waals surface area contributed by atoms with Crippen molar-refractivity contribution in [3.8, 4) is 22.7 Å². The number of aryl methyl sites for hydroxylation is 1. The third-order valence-electron chi connectivity index (χ3n) is 7.50.